The maximum absolute atomic E-state index is 6.87. The highest BCUT2D eigenvalue weighted by Crippen LogP contribution is 2.51. The number of hydrogen-bond acceptors (Lipinski definition) is 4. The number of para-hydroxylation sites is 1. The van der Waals surface area contributed by atoms with Crippen molar-refractivity contribution in [1.82, 2.24) is 0 Å². The quantitative estimate of drug-likeness (QED) is 0.182. The van der Waals surface area contributed by atoms with E-state index in [0.29, 0.717) is 0 Å². The van der Waals surface area contributed by atoms with Crippen molar-refractivity contribution in [3.63, 3.8) is 0 Å². The van der Waals surface area contributed by atoms with Crippen LogP contribution >= 0.6 is 11.3 Å². The van der Waals surface area contributed by atoms with Gasteiger partial charge in [0.1, 0.15) is 22.7 Å². The van der Waals surface area contributed by atoms with E-state index in [4.69, 9.17) is 9.15 Å². The van der Waals surface area contributed by atoms with Crippen LogP contribution in [-0.4, -0.2) is 0 Å². The first kappa shape index (κ1) is 29.7. The molecule has 0 amide bonds. The zero-order valence-corrected chi connectivity index (χ0v) is 29.7. The molecule has 2 aromatic heterocycles. The number of ether oxygens (including phenoxy) is 1. The molecule has 1 aliphatic rings. The van der Waals surface area contributed by atoms with Crippen LogP contribution in [0, 0.1) is 0 Å². The highest BCUT2D eigenvalue weighted by molar-refractivity contribution is 7.25. The number of rotatable bonds is 4. The second-order valence-electron chi connectivity index (χ2n) is 14.0. The van der Waals surface area contributed by atoms with Gasteiger partial charge in [-0.25, -0.2) is 0 Å². The summed E-state index contributed by atoms with van der Waals surface area (Å²) >= 11 is 1.83. The summed E-state index contributed by atoms with van der Waals surface area (Å²) in [7, 11) is 0. The fourth-order valence-corrected chi connectivity index (χ4v) is 9.75. The Hall–Kier alpha value is -6.88. The van der Waals surface area contributed by atoms with Crippen molar-refractivity contribution in [1.29, 1.82) is 0 Å². The fourth-order valence-electron chi connectivity index (χ4n) is 8.61. The van der Waals surface area contributed by atoms with E-state index in [-0.39, 0.29) is 0 Å². The number of hydrogen-bond donors (Lipinski definition) is 0. The maximum Gasteiger partial charge on any atom is 0.137 e. The van der Waals surface area contributed by atoms with Crippen molar-refractivity contribution in [2.75, 3.05) is 4.90 Å². The molecule has 3 heterocycles. The van der Waals surface area contributed by atoms with Gasteiger partial charge in [-0.1, -0.05) is 109 Å². The van der Waals surface area contributed by atoms with Gasteiger partial charge in [0.2, 0.25) is 0 Å². The summed E-state index contributed by atoms with van der Waals surface area (Å²) in [5, 5.41) is 9.61. The molecule has 0 radical (unpaired) electrons. The molecule has 0 fully saturated rings. The molecule has 0 atom stereocenters. The average Bonchev–Trinajstić information content (AvgIpc) is 3.79. The van der Waals surface area contributed by atoms with E-state index in [2.05, 4.69) is 169 Å². The van der Waals surface area contributed by atoms with Crippen LogP contribution < -0.4 is 9.64 Å². The summed E-state index contributed by atoms with van der Waals surface area (Å²) in [6, 6.07) is 63.0. The zero-order valence-electron chi connectivity index (χ0n) is 28.9. The van der Waals surface area contributed by atoms with Crippen molar-refractivity contribution in [2.45, 2.75) is 0 Å². The number of benzene rings is 9. The Bertz CT molecular complexity index is 3220. The predicted molar refractivity (Wildman–Crippen MR) is 227 cm³/mol. The Kier molecular flexibility index (Phi) is 6.21. The van der Waals surface area contributed by atoms with Crippen LogP contribution in [0.1, 0.15) is 0 Å². The molecule has 252 valence electrons. The van der Waals surface area contributed by atoms with Gasteiger partial charge in [0.15, 0.2) is 0 Å². The minimum atomic E-state index is 0.836. The van der Waals surface area contributed by atoms with Crippen molar-refractivity contribution in [2.24, 2.45) is 0 Å². The Labute approximate surface area is 314 Å². The van der Waals surface area contributed by atoms with Gasteiger partial charge in [-0.05, 0) is 87.4 Å². The lowest BCUT2D eigenvalue weighted by atomic mass is 9.89. The summed E-state index contributed by atoms with van der Waals surface area (Å²) in [4.78, 5) is 2.32. The van der Waals surface area contributed by atoms with Crippen molar-refractivity contribution in [3.8, 4) is 33.8 Å². The van der Waals surface area contributed by atoms with Gasteiger partial charge in [-0.15, -0.1) is 11.3 Å². The smallest absolute Gasteiger partial charge is 0.137 e. The Morgan fingerprint density at radius 1 is 0.370 bits per heavy atom. The first-order valence-corrected chi connectivity index (χ1v) is 19.1. The van der Waals surface area contributed by atoms with Crippen LogP contribution in [0.4, 0.5) is 17.1 Å². The molecule has 0 bridgehead atoms. The monoisotopic (exact) mass is 707 g/mol. The van der Waals surface area contributed by atoms with Gasteiger partial charge in [-0.3, -0.25) is 0 Å². The molecule has 4 heteroatoms. The lowest BCUT2D eigenvalue weighted by molar-refractivity contribution is 0.487. The minimum absolute atomic E-state index is 0.836. The number of fused-ring (bicyclic) bond motifs is 9. The first-order valence-electron chi connectivity index (χ1n) is 18.2. The van der Waals surface area contributed by atoms with E-state index in [1.807, 2.05) is 23.5 Å². The molecular formula is C50H29NO2S. The van der Waals surface area contributed by atoms with Crippen LogP contribution in [0.5, 0.6) is 11.5 Å². The third kappa shape index (κ3) is 4.35. The average molecular weight is 708 g/mol. The summed E-state index contributed by atoms with van der Waals surface area (Å²) in [6.45, 7) is 0. The Morgan fingerprint density at radius 2 is 1.00 bits per heavy atom. The normalized spacial score (nSPS) is 12.2. The third-order valence-corrected chi connectivity index (χ3v) is 12.2. The topological polar surface area (TPSA) is 25.6 Å². The molecule has 0 saturated heterocycles. The molecule has 9 aromatic carbocycles. The summed E-state index contributed by atoms with van der Waals surface area (Å²) in [5.74, 6) is 1.71. The van der Waals surface area contributed by atoms with E-state index in [1.165, 1.54) is 53.0 Å². The predicted octanol–water partition coefficient (Wildman–Crippen LogP) is 15.2. The van der Waals surface area contributed by atoms with E-state index in [0.717, 1.165) is 61.4 Å². The van der Waals surface area contributed by atoms with Crippen LogP contribution in [0.2, 0.25) is 0 Å². The highest BCUT2D eigenvalue weighted by Gasteiger charge is 2.25. The molecule has 12 rings (SSSR count). The lowest BCUT2D eigenvalue weighted by Gasteiger charge is -2.28. The van der Waals surface area contributed by atoms with Crippen LogP contribution in [0.3, 0.4) is 0 Å². The second kappa shape index (κ2) is 11.3. The van der Waals surface area contributed by atoms with E-state index < -0.39 is 0 Å². The van der Waals surface area contributed by atoms with Crippen molar-refractivity contribution >= 4 is 92.1 Å². The second-order valence-corrected chi connectivity index (χ2v) is 15.1. The standard InChI is InChI=1S/C50H29NO2S/c1-2-11-34-30(9-1)10-7-14-35(34)36-25-26-45-50-42(36)15-8-16-43(50)39-23-20-32(28-47(39)53-45)51(31-19-22-38-37-12-3-5-17-44(37)52-46(38)27-31)33-21-24-41-40-13-4-6-18-48(40)54-49(41)29-33/h1-29H. The van der Waals surface area contributed by atoms with Crippen molar-refractivity contribution in [3.05, 3.63) is 176 Å². The number of thiophene rings is 1. The minimum Gasteiger partial charge on any atom is -0.456 e. The van der Waals surface area contributed by atoms with Gasteiger partial charge in [0.05, 0.1) is 0 Å². The summed E-state index contributed by atoms with van der Waals surface area (Å²) in [5.41, 5.74) is 9.54. The number of anilines is 3. The summed E-state index contributed by atoms with van der Waals surface area (Å²) in [6.07, 6.45) is 0. The Balaban J connectivity index is 1.03. The van der Waals surface area contributed by atoms with Gasteiger partial charge in [-0.2, -0.15) is 0 Å². The summed E-state index contributed by atoms with van der Waals surface area (Å²) < 4.78 is 15.8. The molecule has 1 aliphatic heterocycles. The fraction of sp³-hybridized carbons (Fsp3) is 0. The van der Waals surface area contributed by atoms with Gasteiger partial charge < -0.3 is 14.1 Å². The molecule has 3 nitrogen and oxygen atoms in total. The Morgan fingerprint density at radius 3 is 1.94 bits per heavy atom. The van der Waals surface area contributed by atoms with Crippen LogP contribution in [0.25, 0.3) is 85.9 Å². The molecule has 54 heavy (non-hydrogen) atoms. The molecular weight excluding hydrogens is 679 g/mol. The van der Waals surface area contributed by atoms with Crippen molar-refractivity contribution < 1.29 is 9.15 Å². The van der Waals surface area contributed by atoms with Gasteiger partial charge in [0, 0.05) is 71.1 Å². The molecule has 0 unspecified atom stereocenters. The van der Waals surface area contributed by atoms with E-state index in [9.17, 15) is 0 Å². The van der Waals surface area contributed by atoms with Crippen LogP contribution in [0.15, 0.2) is 180 Å². The molecule has 0 spiro atoms. The molecule has 0 saturated carbocycles. The highest BCUT2D eigenvalue weighted by atomic mass is 32.1. The first-order chi connectivity index (χ1) is 26.7. The molecule has 0 aliphatic carbocycles. The van der Waals surface area contributed by atoms with Gasteiger partial charge in [0.25, 0.3) is 0 Å². The van der Waals surface area contributed by atoms with Gasteiger partial charge >= 0.3 is 0 Å². The SMILES string of the molecule is c1ccc2c(-c3ccc4c5c(cccc35)-c3ccc(N(c5ccc6c(c5)oc5ccccc56)c5ccc6c(c5)sc5ccccc56)cc3O4)cccc2c1. The molecule has 0 N–H and O–H groups in total. The van der Waals surface area contributed by atoms with E-state index >= 15 is 0 Å². The molecule has 11 aromatic rings. The lowest BCUT2D eigenvalue weighted by Crippen LogP contribution is -2.10. The number of nitrogens with zero attached hydrogens (tertiary/aromatic N) is 1. The third-order valence-electron chi connectivity index (χ3n) is 11.1. The van der Waals surface area contributed by atoms with E-state index in [1.54, 1.807) is 0 Å². The zero-order chi connectivity index (χ0) is 35.3. The van der Waals surface area contributed by atoms with Crippen LogP contribution in [-0.2, 0) is 0 Å². The largest absolute Gasteiger partial charge is 0.456 e. The maximum atomic E-state index is 6.87. The number of furan rings is 1.